The lowest BCUT2D eigenvalue weighted by Crippen LogP contribution is -2.58. The number of nitriles is 1. The minimum atomic E-state index is -0.666. The van der Waals surface area contributed by atoms with E-state index in [-0.39, 0.29) is 47.7 Å². The molecule has 208 valence electrons. The number of likely N-dealkylation sites (N-methyl/N-ethyl adjacent to an activating group) is 1. The van der Waals surface area contributed by atoms with Gasteiger partial charge in [-0.25, -0.2) is 0 Å². The zero-order chi connectivity index (χ0) is 28.6. The lowest BCUT2D eigenvalue weighted by Gasteiger charge is -2.39. The van der Waals surface area contributed by atoms with Crippen LogP contribution in [0.4, 0.5) is 5.69 Å². The van der Waals surface area contributed by atoms with Crippen molar-refractivity contribution in [3.05, 3.63) is 41.5 Å². The van der Waals surface area contributed by atoms with E-state index in [0.29, 0.717) is 16.8 Å². The van der Waals surface area contributed by atoms with E-state index in [4.69, 9.17) is 5.26 Å². The Morgan fingerprint density at radius 1 is 1.11 bits per heavy atom. The maximum absolute atomic E-state index is 13.7. The van der Waals surface area contributed by atoms with Crippen LogP contribution in [0.1, 0.15) is 73.3 Å². The number of hydrogen-bond donors (Lipinski definition) is 2. The molecule has 1 heterocycles. The summed E-state index contributed by atoms with van der Waals surface area (Å²) in [5.74, 6) is -0.632. The second-order valence-electron chi connectivity index (χ2n) is 11.3. The maximum Gasteiger partial charge on any atom is 0.251 e. The Kier molecular flexibility index (Phi) is 11.5. The van der Waals surface area contributed by atoms with Gasteiger partial charge in [0, 0.05) is 24.4 Å². The monoisotopic (exact) mass is 523 g/mol. The summed E-state index contributed by atoms with van der Waals surface area (Å²) in [4.78, 5) is 43.8. The van der Waals surface area contributed by atoms with Crippen LogP contribution in [0.2, 0.25) is 0 Å². The minimum absolute atomic E-state index is 0.0342. The van der Waals surface area contributed by atoms with Gasteiger partial charge in [0.05, 0.1) is 23.7 Å². The van der Waals surface area contributed by atoms with Crippen LogP contribution in [0.5, 0.6) is 0 Å². The summed E-state index contributed by atoms with van der Waals surface area (Å²) in [5.41, 5.74) is 1.46. The van der Waals surface area contributed by atoms with Crippen molar-refractivity contribution in [1.29, 1.82) is 5.26 Å². The van der Waals surface area contributed by atoms with E-state index >= 15 is 0 Å². The van der Waals surface area contributed by atoms with Gasteiger partial charge in [-0.05, 0) is 70.2 Å². The Morgan fingerprint density at radius 3 is 2.37 bits per heavy atom. The summed E-state index contributed by atoms with van der Waals surface area (Å²) in [7, 11) is 1.73. The molecule has 1 saturated heterocycles. The average molecular weight is 524 g/mol. The quantitative estimate of drug-likeness (QED) is 0.444. The number of amides is 3. The van der Waals surface area contributed by atoms with Gasteiger partial charge in [0.15, 0.2) is 0 Å². The SMILES string of the molecule is C/C(=C\[C@H](C(C)C)N(C)C(=O)C(NC(=O)C1CCCCN1C(C)C)C(C)C)C(=O)Nc1cccc(C#N)c1. The number of hydrogen-bond acceptors (Lipinski definition) is 5. The van der Waals surface area contributed by atoms with Crippen molar-refractivity contribution in [2.24, 2.45) is 11.8 Å². The van der Waals surface area contributed by atoms with Gasteiger partial charge in [0.1, 0.15) is 6.04 Å². The molecule has 0 radical (unpaired) electrons. The third-order valence-electron chi connectivity index (χ3n) is 7.25. The van der Waals surface area contributed by atoms with Crippen LogP contribution in [0.25, 0.3) is 0 Å². The molecule has 1 aliphatic heterocycles. The number of anilines is 1. The van der Waals surface area contributed by atoms with Gasteiger partial charge in [-0.1, -0.05) is 46.3 Å². The fraction of sp³-hybridized carbons (Fsp3) is 0.600. The zero-order valence-corrected chi connectivity index (χ0v) is 24.2. The Hall–Kier alpha value is -3.18. The number of carbonyl (C=O) groups is 3. The Balaban J connectivity index is 2.19. The van der Waals surface area contributed by atoms with Crippen LogP contribution < -0.4 is 10.6 Å². The molecule has 0 aromatic heterocycles. The topological polar surface area (TPSA) is 106 Å². The molecule has 38 heavy (non-hydrogen) atoms. The molecular weight excluding hydrogens is 478 g/mol. The maximum atomic E-state index is 13.7. The summed E-state index contributed by atoms with van der Waals surface area (Å²) < 4.78 is 0. The van der Waals surface area contributed by atoms with E-state index in [9.17, 15) is 14.4 Å². The van der Waals surface area contributed by atoms with Crippen molar-refractivity contribution in [3.63, 3.8) is 0 Å². The van der Waals surface area contributed by atoms with Crippen molar-refractivity contribution in [3.8, 4) is 6.07 Å². The van der Waals surface area contributed by atoms with Crippen LogP contribution in [0.15, 0.2) is 35.9 Å². The highest BCUT2D eigenvalue weighted by Gasteiger charge is 2.36. The largest absolute Gasteiger partial charge is 0.343 e. The molecular formula is C30H45N5O3. The van der Waals surface area contributed by atoms with Gasteiger partial charge >= 0.3 is 0 Å². The lowest BCUT2D eigenvalue weighted by molar-refractivity contribution is -0.140. The molecule has 2 N–H and O–H groups in total. The molecule has 1 aliphatic rings. The number of nitrogens with one attached hydrogen (secondary N) is 2. The predicted octanol–water partition coefficient (Wildman–Crippen LogP) is 4.33. The number of benzene rings is 1. The molecule has 1 aromatic rings. The van der Waals surface area contributed by atoms with Crippen LogP contribution in [0.3, 0.4) is 0 Å². The molecule has 0 aliphatic carbocycles. The van der Waals surface area contributed by atoms with E-state index in [1.54, 1.807) is 49.2 Å². The number of likely N-dealkylation sites (tertiary alicyclic amines) is 1. The Labute approximate surface area is 228 Å². The molecule has 1 fully saturated rings. The molecule has 1 aromatic carbocycles. The van der Waals surface area contributed by atoms with E-state index in [0.717, 1.165) is 25.8 Å². The first kappa shape index (κ1) is 31.0. The van der Waals surface area contributed by atoms with Crippen molar-refractivity contribution < 1.29 is 14.4 Å². The van der Waals surface area contributed by atoms with Gasteiger partial charge < -0.3 is 15.5 Å². The van der Waals surface area contributed by atoms with Gasteiger partial charge in [-0.3, -0.25) is 19.3 Å². The molecule has 0 saturated carbocycles. The highest BCUT2D eigenvalue weighted by atomic mass is 16.2. The Bertz CT molecular complexity index is 1060. The van der Waals surface area contributed by atoms with E-state index < -0.39 is 6.04 Å². The van der Waals surface area contributed by atoms with E-state index in [1.807, 2.05) is 27.7 Å². The summed E-state index contributed by atoms with van der Waals surface area (Å²) in [6.45, 7) is 14.7. The first-order chi connectivity index (χ1) is 17.9. The van der Waals surface area contributed by atoms with Crippen molar-refractivity contribution in [2.75, 3.05) is 18.9 Å². The highest BCUT2D eigenvalue weighted by Crippen LogP contribution is 2.22. The van der Waals surface area contributed by atoms with Crippen molar-refractivity contribution >= 4 is 23.4 Å². The fourth-order valence-corrected chi connectivity index (χ4v) is 4.96. The highest BCUT2D eigenvalue weighted by molar-refractivity contribution is 6.03. The van der Waals surface area contributed by atoms with Crippen molar-refractivity contribution in [2.45, 2.75) is 91.9 Å². The van der Waals surface area contributed by atoms with Gasteiger partial charge in [-0.15, -0.1) is 0 Å². The second kappa shape index (κ2) is 14.1. The van der Waals surface area contributed by atoms with Crippen LogP contribution >= 0.6 is 0 Å². The Morgan fingerprint density at radius 2 is 1.79 bits per heavy atom. The normalized spacial score (nSPS) is 18.2. The summed E-state index contributed by atoms with van der Waals surface area (Å²) in [6.07, 6.45) is 4.68. The van der Waals surface area contributed by atoms with E-state index in [1.165, 1.54) is 0 Å². The molecule has 2 unspecified atom stereocenters. The second-order valence-corrected chi connectivity index (χ2v) is 11.3. The molecule has 0 bridgehead atoms. The predicted molar refractivity (Wildman–Crippen MR) is 151 cm³/mol. The van der Waals surface area contributed by atoms with Crippen LogP contribution in [0, 0.1) is 23.2 Å². The average Bonchev–Trinajstić information content (AvgIpc) is 2.88. The van der Waals surface area contributed by atoms with E-state index in [2.05, 4.69) is 35.5 Å². The number of piperidine rings is 1. The first-order valence-electron chi connectivity index (χ1n) is 13.7. The van der Waals surface area contributed by atoms with Crippen LogP contribution in [-0.2, 0) is 14.4 Å². The van der Waals surface area contributed by atoms with Crippen LogP contribution in [-0.4, -0.2) is 65.3 Å². The molecule has 3 amide bonds. The smallest absolute Gasteiger partial charge is 0.251 e. The first-order valence-corrected chi connectivity index (χ1v) is 13.7. The number of nitrogens with zero attached hydrogens (tertiary/aromatic N) is 3. The standard InChI is InChI=1S/C30H45N5O3/c1-19(2)26(16-22(7)28(36)32-24-13-11-12-23(17-24)18-31)34(8)30(38)27(20(3)4)33-29(37)25-14-9-10-15-35(25)21(5)6/h11-13,16-17,19-21,25-27H,9-10,14-15H2,1-8H3,(H,32,36)(H,33,37)/b22-16+/t25?,26-,27?/m1/s1. The van der Waals surface area contributed by atoms with Gasteiger partial charge in [0.25, 0.3) is 5.91 Å². The minimum Gasteiger partial charge on any atom is -0.343 e. The van der Waals surface area contributed by atoms with Crippen molar-refractivity contribution in [1.82, 2.24) is 15.1 Å². The lowest BCUT2D eigenvalue weighted by atomic mass is 9.95. The molecule has 8 heteroatoms. The molecule has 8 nitrogen and oxygen atoms in total. The molecule has 0 spiro atoms. The number of rotatable bonds is 10. The number of carbonyl (C=O) groups excluding carboxylic acids is 3. The summed E-state index contributed by atoms with van der Waals surface area (Å²) >= 11 is 0. The fourth-order valence-electron chi connectivity index (χ4n) is 4.96. The van der Waals surface area contributed by atoms with Gasteiger partial charge in [0.2, 0.25) is 11.8 Å². The molecule has 3 atom stereocenters. The summed E-state index contributed by atoms with van der Waals surface area (Å²) in [6, 6.07) is 7.81. The summed E-state index contributed by atoms with van der Waals surface area (Å²) in [5, 5.41) is 15.0. The third-order valence-corrected chi connectivity index (χ3v) is 7.25. The zero-order valence-electron chi connectivity index (χ0n) is 24.2. The van der Waals surface area contributed by atoms with Gasteiger partial charge in [-0.2, -0.15) is 5.26 Å². The third kappa shape index (κ3) is 8.16. The molecule has 2 rings (SSSR count).